The topological polar surface area (TPSA) is 20.2 Å². The van der Waals surface area contributed by atoms with E-state index in [0.717, 1.165) is 26.2 Å². The van der Waals surface area contributed by atoms with Gasteiger partial charge in [-0.15, -0.1) is 0 Å². The van der Waals surface area contributed by atoms with Crippen LogP contribution in [0.2, 0.25) is 0 Å². The molecule has 0 unspecified atom stereocenters. The standard InChI is InChI=1S/C17H25N3/c1-13-14-7-5-6-8-15(14)19(4)16(13)11-20-10-9-18-12-17(20,2)3/h5-8,18H,9-12H2,1-4H3. The number of nitrogens with zero attached hydrogens (tertiary/aromatic N) is 2. The fourth-order valence-electron chi connectivity index (χ4n) is 3.36. The minimum absolute atomic E-state index is 0.223. The second kappa shape index (κ2) is 4.90. The van der Waals surface area contributed by atoms with Gasteiger partial charge < -0.3 is 9.88 Å². The Morgan fingerprint density at radius 3 is 2.70 bits per heavy atom. The van der Waals surface area contributed by atoms with Crippen LogP contribution in [0.5, 0.6) is 0 Å². The number of rotatable bonds is 2. The van der Waals surface area contributed by atoms with Crippen molar-refractivity contribution >= 4 is 10.9 Å². The van der Waals surface area contributed by atoms with E-state index in [9.17, 15) is 0 Å². The Morgan fingerprint density at radius 1 is 1.25 bits per heavy atom. The monoisotopic (exact) mass is 271 g/mol. The zero-order chi connectivity index (χ0) is 14.3. The third-order valence-corrected chi connectivity index (χ3v) is 4.82. The number of piperazine rings is 1. The first kappa shape index (κ1) is 13.7. The summed E-state index contributed by atoms with van der Waals surface area (Å²) in [4.78, 5) is 2.60. The van der Waals surface area contributed by atoms with Crippen molar-refractivity contribution in [2.24, 2.45) is 7.05 Å². The van der Waals surface area contributed by atoms with Gasteiger partial charge in [-0.3, -0.25) is 4.90 Å². The van der Waals surface area contributed by atoms with Gasteiger partial charge in [0.15, 0.2) is 0 Å². The first-order valence-electron chi connectivity index (χ1n) is 7.49. The molecule has 0 radical (unpaired) electrons. The first-order chi connectivity index (χ1) is 9.50. The zero-order valence-electron chi connectivity index (χ0n) is 13.0. The van der Waals surface area contributed by atoms with Crippen LogP contribution in [-0.4, -0.2) is 34.6 Å². The molecular formula is C17H25N3. The number of hydrogen-bond acceptors (Lipinski definition) is 2. The van der Waals surface area contributed by atoms with E-state index in [2.05, 4.69) is 66.9 Å². The van der Waals surface area contributed by atoms with Gasteiger partial charge in [0.25, 0.3) is 0 Å². The van der Waals surface area contributed by atoms with Gasteiger partial charge in [0.2, 0.25) is 0 Å². The van der Waals surface area contributed by atoms with Gasteiger partial charge >= 0.3 is 0 Å². The smallest absolute Gasteiger partial charge is 0.0483 e. The van der Waals surface area contributed by atoms with Crippen molar-refractivity contribution in [3.63, 3.8) is 0 Å². The maximum Gasteiger partial charge on any atom is 0.0483 e. The van der Waals surface area contributed by atoms with Crippen LogP contribution >= 0.6 is 0 Å². The molecule has 3 heteroatoms. The predicted molar refractivity (Wildman–Crippen MR) is 85.0 cm³/mol. The molecule has 0 aliphatic carbocycles. The summed E-state index contributed by atoms with van der Waals surface area (Å²) in [6.45, 7) is 11.2. The average Bonchev–Trinajstić information content (AvgIpc) is 2.66. The summed E-state index contributed by atoms with van der Waals surface area (Å²) < 4.78 is 2.36. The molecule has 0 saturated carbocycles. The highest BCUT2D eigenvalue weighted by molar-refractivity contribution is 5.85. The van der Waals surface area contributed by atoms with Crippen LogP contribution in [-0.2, 0) is 13.6 Å². The van der Waals surface area contributed by atoms with Gasteiger partial charge in [0, 0.05) is 55.4 Å². The van der Waals surface area contributed by atoms with E-state index in [-0.39, 0.29) is 5.54 Å². The molecule has 108 valence electrons. The van der Waals surface area contributed by atoms with Crippen LogP contribution in [0, 0.1) is 6.92 Å². The van der Waals surface area contributed by atoms with Gasteiger partial charge in [-0.2, -0.15) is 0 Å². The van der Waals surface area contributed by atoms with Gasteiger partial charge in [0.05, 0.1) is 0 Å². The van der Waals surface area contributed by atoms with Gasteiger partial charge in [-0.25, -0.2) is 0 Å². The summed E-state index contributed by atoms with van der Waals surface area (Å²) in [6.07, 6.45) is 0. The predicted octanol–water partition coefficient (Wildman–Crippen LogP) is 2.67. The Bertz CT molecular complexity index is 585. The minimum atomic E-state index is 0.223. The van der Waals surface area contributed by atoms with Crippen molar-refractivity contribution < 1.29 is 0 Å². The van der Waals surface area contributed by atoms with Crippen LogP contribution in [0.3, 0.4) is 0 Å². The molecule has 3 nitrogen and oxygen atoms in total. The molecule has 20 heavy (non-hydrogen) atoms. The number of fused-ring (bicyclic) bond motifs is 1. The van der Waals surface area contributed by atoms with Crippen LogP contribution in [0.1, 0.15) is 25.1 Å². The number of para-hydroxylation sites is 1. The molecule has 1 fully saturated rings. The number of benzene rings is 1. The molecule has 1 aromatic heterocycles. The summed E-state index contributed by atoms with van der Waals surface area (Å²) in [5.41, 5.74) is 4.44. The lowest BCUT2D eigenvalue weighted by molar-refractivity contribution is 0.0804. The van der Waals surface area contributed by atoms with Crippen LogP contribution in [0.4, 0.5) is 0 Å². The van der Waals surface area contributed by atoms with E-state index < -0.39 is 0 Å². The average molecular weight is 271 g/mol. The van der Waals surface area contributed by atoms with Crippen molar-refractivity contribution in [1.82, 2.24) is 14.8 Å². The Kier molecular flexibility index (Phi) is 3.35. The van der Waals surface area contributed by atoms with E-state index >= 15 is 0 Å². The maximum absolute atomic E-state index is 3.50. The summed E-state index contributed by atoms with van der Waals surface area (Å²) in [6, 6.07) is 8.71. The SMILES string of the molecule is Cc1c(CN2CCNCC2(C)C)n(C)c2ccccc12. The second-order valence-corrected chi connectivity index (χ2v) is 6.56. The molecule has 2 aromatic rings. The fourth-order valence-corrected chi connectivity index (χ4v) is 3.36. The summed E-state index contributed by atoms with van der Waals surface area (Å²) in [5, 5.41) is 4.89. The molecule has 1 N–H and O–H groups in total. The third-order valence-electron chi connectivity index (χ3n) is 4.82. The molecule has 1 saturated heterocycles. The Labute approximate surface area is 121 Å². The van der Waals surface area contributed by atoms with Crippen molar-refractivity contribution in [2.45, 2.75) is 32.9 Å². The molecular weight excluding hydrogens is 246 g/mol. The highest BCUT2D eigenvalue weighted by Gasteiger charge is 2.30. The molecule has 2 heterocycles. The number of aryl methyl sites for hydroxylation is 2. The van der Waals surface area contributed by atoms with E-state index in [4.69, 9.17) is 0 Å². The molecule has 1 aliphatic heterocycles. The summed E-state index contributed by atoms with van der Waals surface area (Å²) in [7, 11) is 2.19. The molecule has 1 aliphatic rings. The highest BCUT2D eigenvalue weighted by Crippen LogP contribution is 2.27. The van der Waals surface area contributed by atoms with Gasteiger partial charge in [-0.05, 0) is 32.4 Å². The number of hydrogen-bond donors (Lipinski definition) is 1. The van der Waals surface area contributed by atoms with Crippen LogP contribution in [0.25, 0.3) is 10.9 Å². The van der Waals surface area contributed by atoms with Crippen molar-refractivity contribution in [3.8, 4) is 0 Å². The van der Waals surface area contributed by atoms with Crippen molar-refractivity contribution in [2.75, 3.05) is 19.6 Å². The quantitative estimate of drug-likeness (QED) is 0.906. The fraction of sp³-hybridized carbons (Fsp3) is 0.529. The molecule has 1 aromatic carbocycles. The minimum Gasteiger partial charge on any atom is -0.346 e. The lowest BCUT2D eigenvalue weighted by Gasteiger charge is -2.43. The van der Waals surface area contributed by atoms with E-state index in [1.165, 1.54) is 22.2 Å². The molecule has 0 amide bonds. The lowest BCUT2D eigenvalue weighted by Crippen LogP contribution is -2.57. The highest BCUT2D eigenvalue weighted by atomic mass is 15.3. The normalized spacial score (nSPS) is 19.6. The van der Waals surface area contributed by atoms with Crippen molar-refractivity contribution in [3.05, 3.63) is 35.5 Å². The van der Waals surface area contributed by atoms with Gasteiger partial charge in [0.1, 0.15) is 0 Å². The number of nitrogens with one attached hydrogen (secondary N) is 1. The van der Waals surface area contributed by atoms with Crippen molar-refractivity contribution in [1.29, 1.82) is 0 Å². The van der Waals surface area contributed by atoms with E-state index in [0.29, 0.717) is 0 Å². The van der Waals surface area contributed by atoms with E-state index in [1.807, 2.05) is 0 Å². The molecule has 3 rings (SSSR count). The third kappa shape index (κ3) is 2.15. The largest absolute Gasteiger partial charge is 0.346 e. The lowest BCUT2D eigenvalue weighted by atomic mass is 9.99. The summed E-state index contributed by atoms with van der Waals surface area (Å²) >= 11 is 0. The molecule has 0 bridgehead atoms. The Morgan fingerprint density at radius 2 is 2.00 bits per heavy atom. The number of aromatic nitrogens is 1. The zero-order valence-corrected chi connectivity index (χ0v) is 13.0. The molecule has 0 spiro atoms. The second-order valence-electron chi connectivity index (χ2n) is 6.56. The summed E-state index contributed by atoms with van der Waals surface area (Å²) in [5.74, 6) is 0. The van der Waals surface area contributed by atoms with Crippen LogP contribution in [0.15, 0.2) is 24.3 Å². The Hall–Kier alpha value is -1.32. The van der Waals surface area contributed by atoms with E-state index in [1.54, 1.807) is 0 Å². The Balaban J connectivity index is 1.98. The first-order valence-corrected chi connectivity index (χ1v) is 7.49. The maximum atomic E-state index is 3.50. The van der Waals surface area contributed by atoms with Crippen LogP contribution < -0.4 is 5.32 Å². The van der Waals surface area contributed by atoms with Gasteiger partial charge in [-0.1, -0.05) is 18.2 Å². The molecule has 0 atom stereocenters.